The Labute approximate surface area is 330 Å². The van der Waals surface area contributed by atoms with Crippen molar-refractivity contribution >= 4 is 77.4 Å². The van der Waals surface area contributed by atoms with E-state index in [1.165, 1.54) is 12.0 Å². The van der Waals surface area contributed by atoms with Crippen molar-refractivity contribution in [1.82, 2.24) is 24.7 Å². The van der Waals surface area contributed by atoms with Crippen LogP contribution in [-0.4, -0.2) is 111 Å². The number of allylic oxidation sites excluding steroid dienone is 1. The zero-order chi connectivity index (χ0) is 35.8. The standard InChI is InChI=1S/C38H47N7O5.3ClH/c1-26-13-16-32(34(22-26)50-21-8-7-10-28(25-46)45-19-17-43(4)18-20-45)44(5)38(48)27-14-15-29(33(23-27)49-6)37(47)40-31-12-9-11-30-36(31)41-35(39-30)24-42(2)3;;;/h9,11-16,22-23H,7-8,10,17-21,24H2,1-6H3,(H,39,41)(H,40,47);3*1H. The molecule has 0 unspecified atom stereocenters. The summed E-state index contributed by atoms with van der Waals surface area (Å²) in [5, 5.41) is 2.96. The normalized spacial score (nSPS) is 12.5. The van der Waals surface area contributed by atoms with Crippen molar-refractivity contribution in [3.05, 3.63) is 82.8 Å². The van der Waals surface area contributed by atoms with E-state index in [1.54, 1.807) is 31.3 Å². The lowest BCUT2D eigenvalue weighted by atomic mass is 10.1. The maximum atomic E-state index is 13.8. The first-order valence-corrected chi connectivity index (χ1v) is 16.9. The van der Waals surface area contributed by atoms with E-state index in [0.717, 1.165) is 61.6 Å². The van der Waals surface area contributed by atoms with E-state index in [0.29, 0.717) is 47.8 Å². The third kappa shape index (κ3) is 11.4. The lowest BCUT2D eigenvalue weighted by Gasteiger charge is -2.34. The summed E-state index contributed by atoms with van der Waals surface area (Å²) in [5.41, 5.74) is 5.03. The summed E-state index contributed by atoms with van der Waals surface area (Å²) in [6.45, 7) is 6.60. The SMILES string of the molecule is COc1cc(C(=O)N(C)c2ccc(C)cc2OCCCCC(=C=O)N2CCN(C)CC2)ccc1C(=O)Nc1cccc2[nH]c(CN(C)C)nc12.Cl.Cl.Cl. The molecule has 1 fully saturated rings. The largest absolute Gasteiger partial charge is 0.496 e. The van der Waals surface area contributed by atoms with Gasteiger partial charge < -0.3 is 39.4 Å². The average molecular weight is 791 g/mol. The predicted octanol–water partition coefficient (Wildman–Crippen LogP) is 6.25. The van der Waals surface area contributed by atoms with Gasteiger partial charge in [-0.25, -0.2) is 9.78 Å². The first kappa shape index (κ1) is 44.9. The number of carbonyl (C=O) groups is 2. The van der Waals surface area contributed by atoms with Gasteiger partial charge in [-0.1, -0.05) is 12.1 Å². The number of hydrogen-bond acceptors (Lipinski definition) is 9. The first-order chi connectivity index (χ1) is 24.1. The number of nitrogens with zero attached hydrogens (tertiary/aromatic N) is 5. The Kier molecular flexibility index (Phi) is 17.6. The number of aromatic nitrogens is 2. The zero-order valence-electron chi connectivity index (χ0n) is 31.1. The minimum Gasteiger partial charge on any atom is -0.496 e. The summed E-state index contributed by atoms with van der Waals surface area (Å²) >= 11 is 0. The maximum absolute atomic E-state index is 13.8. The molecule has 2 N–H and O–H groups in total. The highest BCUT2D eigenvalue weighted by atomic mass is 35.5. The molecule has 0 radical (unpaired) electrons. The van der Waals surface area contributed by atoms with Gasteiger partial charge in [-0.05, 0) is 95.4 Å². The number of aromatic amines is 1. The van der Waals surface area contributed by atoms with E-state index in [1.807, 2.05) is 56.3 Å². The van der Waals surface area contributed by atoms with E-state index in [-0.39, 0.29) is 60.3 Å². The van der Waals surface area contributed by atoms with Crippen LogP contribution in [0, 0.1) is 6.92 Å². The third-order valence-corrected chi connectivity index (χ3v) is 8.82. The van der Waals surface area contributed by atoms with Gasteiger partial charge in [0.05, 0.1) is 48.4 Å². The van der Waals surface area contributed by atoms with Crippen LogP contribution in [0.1, 0.15) is 51.4 Å². The number of benzene rings is 3. The monoisotopic (exact) mass is 789 g/mol. The molecule has 5 rings (SSSR count). The van der Waals surface area contributed by atoms with Crippen LogP contribution in [0.4, 0.5) is 11.4 Å². The molecule has 4 aromatic rings. The molecule has 0 saturated carbocycles. The van der Waals surface area contributed by atoms with E-state index in [9.17, 15) is 14.4 Å². The second-order valence-corrected chi connectivity index (χ2v) is 13.0. The van der Waals surface area contributed by atoms with E-state index >= 15 is 0 Å². The molecule has 2 amide bonds. The van der Waals surface area contributed by atoms with Gasteiger partial charge in [0.25, 0.3) is 11.8 Å². The number of piperazine rings is 1. The lowest BCUT2D eigenvalue weighted by Crippen LogP contribution is -2.44. The van der Waals surface area contributed by atoms with E-state index in [2.05, 4.69) is 38.1 Å². The topological polar surface area (TPSA) is 123 Å². The number of rotatable bonds is 14. The number of likely N-dealkylation sites (N-methyl/N-ethyl adjacent to an activating group) is 1. The molecule has 1 aromatic heterocycles. The van der Waals surface area contributed by atoms with Crippen molar-refractivity contribution < 1.29 is 23.9 Å². The maximum Gasteiger partial charge on any atom is 0.259 e. The molecule has 0 bridgehead atoms. The Hall–Kier alpha value is -4.29. The van der Waals surface area contributed by atoms with Gasteiger partial charge in [0.2, 0.25) is 0 Å². The highest BCUT2D eigenvalue weighted by Gasteiger charge is 2.22. The molecule has 1 saturated heterocycles. The number of ether oxygens (including phenoxy) is 2. The molecule has 0 atom stereocenters. The molecular formula is C38H50Cl3N7O5. The van der Waals surface area contributed by atoms with E-state index in [4.69, 9.17) is 9.47 Å². The summed E-state index contributed by atoms with van der Waals surface area (Å²) in [6, 6.07) is 16.1. The number of methoxy groups -OCH3 is 1. The van der Waals surface area contributed by atoms with Gasteiger partial charge in [-0.15, -0.1) is 37.2 Å². The van der Waals surface area contributed by atoms with Crippen LogP contribution in [0.25, 0.3) is 11.0 Å². The van der Waals surface area contributed by atoms with Crippen molar-refractivity contribution in [3.8, 4) is 11.5 Å². The van der Waals surface area contributed by atoms with Crippen molar-refractivity contribution in [2.45, 2.75) is 32.7 Å². The minimum absolute atomic E-state index is 0. The number of amides is 2. The van der Waals surface area contributed by atoms with Gasteiger partial charge in [0.1, 0.15) is 28.8 Å². The molecule has 0 spiro atoms. The molecule has 53 heavy (non-hydrogen) atoms. The predicted molar refractivity (Wildman–Crippen MR) is 218 cm³/mol. The summed E-state index contributed by atoms with van der Waals surface area (Å²) in [6.07, 6.45) is 2.19. The molecular weight excluding hydrogens is 741 g/mol. The van der Waals surface area contributed by atoms with Crippen molar-refractivity contribution in [1.29, 1.82) is 0 Å². The molecule has 1 aliphatic rings. The summed E-state index contributed by atoms with van der Waals surface area (Å²) in [7, 11) is 9.18. The van der Waals surface area contributed by atoms with Crippen LogP contribution in [0.2, 0.25) is 0 Å². The van der Waals surface area contributed by atoms with Crippen LogP contribution < -0.4 is 19.7 Å². The number of anilines is 2. The van der Waals surface area contributed by atoms with Crippen LogP contribution in [-0.2, 0) is 11.3 Å². The quantitative estimate of drug-likeness (QED) is 0.113. The van der Waals surface area contributed by atoms with Crippen LogP contribution in [0.5, 0.6) is 11.5 Å². The highest BCUT2D eigenvalue weighted by molar-refractivity contribution is 6.11. The van der Waals surface area contributed by atoms with Crippen LogP contribution in [0.3, 0.4) is 0 Å². The summed E-state index contributed by atoms with van der Waals surface area (Å²) < 4.78 is 11.8. The molecule has 12 nitrogen and oxygen atoms in total. The number of halogens is 3. The fourth-order valence-electron chi connectivity index (χ4n) is 6.00. The fraction of sp³-hybridized carbons (Fsp3) is 0.395. The Balaban J connectivity index is 0.00000324. The molecule has 288 valence electrons. The number of fused-ring (bicyclic) bond motifs is 1. The van der Waals surface area contributed by atoms with Gasteiger partial charge >= 0.3 is 0 Å². The smallest absolute Gasteiger partial charge is 0.259 e. The lowest BCUT2D eigenvalue weighted by molar-refractivity contribution is 0.0987. The van der Waals surface area contributed by atoms with Gasteiger partial charge in [0, 0.05) is 38.8 Å². The van der Waals surface area contributed by atoms with Crippen molar-refractivity contribution in [3.63, 3.8) is 0 Å². The Bertz CT molecular complexity index is 1890. The molecule has 1 aliphatic heterocycles. The Morgan fingerprint density at radius 2 is 1.70 bits per heavy atom. The highest BCUT2D eigenvalue weighted by Crippen LogP contribution is 2.32. The number of para-hydroxylation sites is 1. The van der Waals surface area contributed by atoms with Gasteiger partial charge in [-0.2, -0.15) is 0 Å². The van der Waals surface area contributed by atoms with Crippen molar-refractivity contribution in [2.24, 2.45) is 0 Å². The number of nitrogens with one attached hydrogen (secondary N) is 2. The number of unbranched alkanes of at least 4 members (excludes halogenated alkanes) is 1. The van der Waals surface area contributed by atoms with Crippen LogP contribution in [0.15, 0.2) is 60.3 Å². The van der Waals surface area contributed by atoms with Gasteiger partial charge in [-0.3, -0.25) is 9.59 Å². The number of carbonyl (C=O) groups excluding carboxylic acids is 3. The third-order valence-electron chi connectivity index (χ3n) is 8.82. The summed E-state index contributed by atoms with van der Waals surface area (Å²) in [4.78, 5) is 54.7. The second-order valence-electron chi connectivity index (χ2n) is 13.0. The first-order valence-electron chi connectivity index (χ1n) is 16.9. The zero-order valence-corrected chi connectivity index (χ0v) is 33.5. The number of H-pyrrole nitrogens is 1. The molecule has 0 aliphatic carbocycles. The Morgan fingerprint density at radius 3 is 2.38 bits per heavy atom. The second kappa shape index (κ2) is 20.8. The number of aryl methyl sites for hydroxylation is 1. The fourth-order valence-corrected chi connectivity index (χ4v) is 6.00. The average Bonchev–Trinajstić information content (AvgIpc) is 3.52. The molecule has 2 heterocycles. The van der Waals surface area contributed by atoms with Gasteiger partial charge in [0.15, 0.2) is 0 Å². The molecule has 15 heteroatoms. The summed E-state index contributed by atoms with van der Waals surface area (Å²) in [5.74, 6) is 3.13. The number of imidazole rings is 1. The van der Waals surface area contributed by atoms with E-state index < -0.39 is 0 Å². The Morgan fingerprint density at radius 1 is 0.962 bits per heavy atom. The minimum atomic E-state index is -0.382. The van der Waals surface area contributed by atoms with Crippen LogP contribution >= 0.6 is 37.2 Å². The van der Waals surface area contributed by atoms with Crippen molar-refractivity contribution in [2.75, 3.05) is 78.3 Å². The number of hydrogen-bond donors (Lipinski definition) is 2. The molecule has 3 aromatic carbocycles.